The molecule has 0 atom stereocenters. The van der Waals surface area contributed by atoms with Crippen LogP contribution in [0.15, 0.2) is 0 Å². The maximum Gasteiger partial charge on any atom is 0.204 e. The van der Waals surface area contributed by atoms with Crippen LogP contribution in [-0.2, 0) is 0 Å². The van der Waals surface area contributed by atoms with Gasteiger partial charge in [0.05, 0.1) is 9.75 Å². The van der Waals surface area contributed by atoms with Gasteiger partial charge in [0.2, 0.25) is 11.8 Å². The largest absolute Gasteiger partial charge is 0.494 e. The van der Waals surface area contributed by atoms with Crippen molar-refractivity contribution in [3.8, 4) is 11.8 Å². The molecule has 0 spiro atoms. The van der Waals surface area contributed by atoms with Crippen molar-refractivity contribution in [3.05, 3.63) is 17.7 Å². The summed E-state index contributed by atoms with van der Waals surface area (Å²) in [5.41, 5.74) is 0. The van der Waals surface area contributed by atoms with Gasteiger partial charge in [-0.1, -0.05) is 6.92 Å². The molecule has 0 aromatic carbocycles. The van der Waals surface area contributed by atoms with Crippen molar-refractivity contribution in [1.29, 1.82) is 0 Å². The average Bonchev–Trinajstić information content (AvgIpc) is 2.68. The second-order valence-electron chi connectivity index (χ2n) is 3.18. The SMILES string of the molecule is CC(c1sc(=S)[nH]c1O)c1sc(=S)[nH]c1O. The van der Waals surface area contributed by atoms with Crippen LogP contribution in [0.5, 0.6) is 11.8 Å². The lowest BCUT2D eigenvalue weighted by molar-refractivity contribution is 0.441. The Bertz CT molecular complexity index is 566. The van der Waals surface area contributed by atoms with Gasteiger partial charge in [-0.25, -0.2) is 0 Å². The summed E-state index contributed by atoms with van der Waals surface area (Å²) in [6.45, 7) is 1.88. The summed E-state index contributed by atoms with van der Waals surface area (Å²) in [5.74, 6) is -0.0293. The number of thiazole rings is 2. The maximum atomic E-state index is 9.64. The Balaban J connectivity index is 2.50. The van der Waals surface area contributed by atoms with Crippen molar-refractivity contribution in [2.24, 2.45) is 0 Å². The molecule has 0 saturated carbocycles. The molecule has 0 bridgehead atoms. The van der Waals surface area contributed by atoms with Gasteiger partial charge in [0.1, 0.15) is 0 Å². The van der Waals surface area contributed by atoms with Gasteiger partial charge >= 0.3 is 0 Å². The van der Waals surface area contributed by atoms with Crippen LogP contribution in [0, 0.1) is 7.91 Å². The lowest BCUT2D eigenvalue weighted by atomic mass is 10.1. The van der Waals surface area contributed by atoms with E-state index in [1.54, 1.807) is 0 Å². The first-order valence-corrected chi connectivity index (χ1v) is 6.78. The highest BCUT2D eigenvalue weighted by Crippen LogP contribution is 2.39. The van der Waals surface area contributed by atoms with E-state index in [4.69, 9.17) is 24.4 Å². The summed E-state index contributed by atoms with van der Waals surface area (Å²) < 4.78 is 1.02. The topological polar surface area (TPSA) is 72.0 Å². The monoisotopic (exact) mass is 292 g/mol. The molecule has 2 aromatic heterocycles. The minimum atomic E-state index is -0.143. The zero-order chi connectivity index (χ0) is 11.9. The summed E-state index contributed by atoms with van der Waals surface area (Å²) in [5, 5.41) is 19.3. The molecule has 0 aliphatic rings. The molecule has 8 heteroatoms. The maximum absolute atomic E-state index is 9.64. The van der Waals surface area contributed by atoms with Gasteiger partial charge in [-0.05, 0) is 24.4 Å². The third-order valence-corrected chi connectivity index (χ3v) is 4.91. The van der Waals surface area contributed by atoms with E-state index in [-0.39, 0.29) is 17.7 Å². The predicted octanol–water partition coefficient (Wildman–Crippen LogP) is 3.49. The highest BCUT2D eigenvalue weighted by Gasteiger charge is 2.20. The quantitative estimate of drug-likeness (QED) is 0.639. The molecule has 0 unspecified atom stereocenters. The Morgan fingerprint density at radius 2 is 1.38 bits per heavy atom. The van der Waals surface area contributed by atoms with Gasteiger partial charge in [-0.15, -0.1) is 22.7 Å². The molecular weight excluding hydrogens is 284 g/mol. The molecule has 2 heterocycles. The van der Waals surface area contributed by atoms with Crippen LogP contribution >= 0.6 is 47.1 Å². The Labute approximate surface area is 109 Å². The molecule has 0 aliphatic carbocycles. The standard InChI is InChI=1S/C8H8N2O2S4/c1-2(3-5(11)9-7(13)15-3)4-6(12)10-8(14)16-4/h2,11-12H,1H3,(H,9,13)(H,10,14). The predicted molar refractivity (Wildman–Crippen MR) is 69.9 cm³/mol. The van der Waals surface area contributed by atoms with Crippen molar-refractivity contribution in [2.45, 2.75) is 12.8 Å². The first-order valence-electron chi connectivity index (χ1n) is 4.33. The van der Waals surface area contributed by atoms with E-state index >= 15 is 0 Å². The highest BCUT2D eigenvalue weighted by molar-refractivity contribution is 7.73. The molecule has 0 aliphatic heterocycles. The Morgan fingerprint density at radius 1 is 1.00 bits per heavy atom. The van der Waals surface area contributed by atoms with Crippen LogP contribution in [-0.4, -0.2) is 20.2 Å². The number of nitrogens with one attached hydrogen (secondary N) is 2. The summed E-state index contributed by atoms with van der Waals surface area (Å²) in [6, 6.07) is 0. The molecular formula is C8H8N2O2S4. The third-order valence-electron chi connectivity index (χ3n) is 2.10. The number of aromatic hydroxyl groups is 2. The van der Waals surface area contributed by atoms with Crippen molar-refractivity contribution >= 4 is 47.1 Å². The van der Waals surface area contributed by atoms with E-state index in [1.807, 2.05) is 6.92 Å². The van der Waals surface area contributed by atoms with E-state index < -0.39 is 0 Å². The number of rotatable bonds is 2. The zero-order valence-corrected chi connectivity index (χ0v) is 11.4. The first-order chi connectivity index (χ1) is 7.49. The molecule has 0 saturated heterocycles. The van der Waals surface area contributed by atoms with Crippen LogP contribution in [0.4, 0.5) is 0 Å². The van der Waals surface area contributed by atoms with Crippen molar-refractivity contribution in [1.82, 2.24) is 9.97 Å². The van der Waals surface area contributed by atoms with Gasteiger partial charge < -0.3 is 20.2 Å². The number of aromatic nitrogens is 2. The lowest BCUT2D eigenvalue weighted by Gasteiger charge is -2.06. The normalized spacial score (nSPS) is 11.1. The van der Waals surface area contributed by atoms with Crippen LogP contribution in [0.1, 0.15) is 22.6 Å². The lowest BCUT2D eigenvalue weighted by Crippen LogP contribution is -1.90. The van der Waals surface area contributed by atoms with Gasteiger partial charge in [0.15, 0.2) is 7.91 Å². The van der Waals surface area contributed by atoms with Crippen LogP contribution in [0.2, 0.25) is 0 Å². The first kappa shape index (κ1) is 11.8. The minimum Gasteiger partial charge on any atom is -0.494 e. The summed E-state index contributed by atoms with van der Waals surface area (Å²) >= 11 is 12.5. The Morgan fingerprint density at radius 3 is 1.62 bits per heavy atom. The smallest absolute Gasteiger partial charge is 0.204 e. The Hall–Kier alpha value is -0.700. The van der Waals surface area contributed by atoms with Gasteiger partial charge in [0, 0.05) is 5.92 Å². The third kappa shape index (κ3) is 2.05. The molecule has 2 rings (SSSR count). The number of hydrogen-bond donors (Lipinski definition) is 4. The van der Waals surface area contributed by atoms with Gasteiger partial charge in [-0.2, -0.15) is 0 Å². The van der Waals surface area contributed by atoms with Crippen molar-refractivity contribution < 1.29 is 10.2 Å². The van der Waals surface area contributed by atoms with Crippen molar-refractivity contribution in [3.63, 3.8) is 0 Å². The fourth-order valence-corrected chi connectivity index (χ4v) is 3.76. The summed E-state index contributed by atoms with van der Waals surface area (Å²) in [7, 11) is 0. The second-order valence-corrected chi connectivity index (χ2v) is 6.61. The molecule has 4 nitrogen and oxygen atoms in total. The second kappa shape index (κ2) is 4.28. The molecule has 86 valence electrons. The Kier molecular flexibility index (Phi) is 3.15. The molecule has 0 fully saturated rings. The van der Waals surface area contributed by atoms with E-state index in [0.717, 1.165) is 0 Å². The number of aromatic amines is 2. The highest BCUT2D eigenvalue weighted by atomic mass is 32.2. The average molecular weight is 292 g/mol. The van der Waals surface area contributed by atoms with Gasteiger partial charge in [0.25, 0.3) is 0 Å². The van der Waals surface area contributed by atoms with Crippen molar-refractivity contribution in [2.75, 3.05) is 0 Å². The fourth-order valence-electron chi connectivity index (χ4n) is 1.37. The van der Waals surface area contributed by atoms with Gasteiger partial charge in [-0.3, -0.25) is 0 Å². The van der Waals surface area contributed by atoms with Crippen LogP contribution < -0.4 is 0 Å². The van der Waals surface area contributed by atoms with E-state index in [9.17, 15) is 10.2 Å². The zero-order valence-electron chi connectivity index (χ0n) is 8.10. The number of H-pyrrole nitrogens is 2. The molecule has 0 amide bonds. The minimum absolute atomic E-state index is 0.0567. The fraction of sp³-hybridized carbons (Fsp3) is 0.250. The van der Waals surface area contributed by atoms with Crippen LogP contribution in [0.25, 0.3) is 0 Å². The summed E-state index contributed by atoms with van der Waals surface area (Å²) in [6.07, 6.45) is 0. The molecule has 2 aromatic rings. The molecule has 16 heavy (non-hydrogen) atoms. The van der Waals surface area contributed by atoms with Crippen LogP contribution in [0.3, 0.4) is 0 Å². The number of hydrogen-bond acceptors (Lipinski definition) is 6. The summed E-state index contributed by atoms with van der Waals surface area (Å²) in [4.78, 5) is 6.72. The van der Waals surface area contributed by atoms with E-state index in [1.165, 1.54) is 22.7 Å². The molecule has 0 radical (unpaired) electrons. The molecule has 4 N–H and O–H groups in total. The van der Waals surface area contributed by atoms with E-state index in [0.29, 0.717) is 17.7 Å². The van der Waals surface area contributed by atoms with E-state index in [2.05, 4.69) is 9.97 Å².